The van der Waals surface area contributed by atoms with Gasteiger partial charge in [-0.05, 0) is 24.6 Å². The highest BCUT2D eigenvalue weighted by atomic mass is 16.5. The van der Waals surface area contributed by atoms with E-state index in [1.54, 1.807) is 6.07 Å². The fraction of sp³-hybridized carbons (Fsp3) is 0.0714. The summed E-state index contributed by atoms with van der Waals surface area (Å²) in [5.41, 5.74) is 11.0. The quantitative estimate of drug-likeness (QED) is 0.327. The Morgan fingerprint density at radius 1 is 1.17 bits per heavy atom. The Hall–Kier alpha value is -2.33. The zero-order chi connectivity index (χ0) is 13.0. The van der Waals surface area contributed by atoms with Crippen molar-refractivity contribution in [3.63, 3.8) is 0 Å². The van der Waals surface area contributed by atoms with Gasteiger partial charge in [0.25, 0.3) is 0 Å². The van der Waals surface area contributed by atoms with Crippen LogP contribution in [-0.2, 0) is 0 Å². The molecule has 0 aliphatic rings. The summed E-state index contributed by atoms with van der Waals surface area (Å²) in [6, 6.07) is 15.0. The molecule has 0 heterocycles. The van der Waals surface area contributed by atoms with Gasteiger partial charge in [0.05, 0.1) is 11.4 Å². The third-order valence-electron chi connectivity index (χ3n) is 2.57. The van der Waals surface area contributed by atoms with Gasteiger partial charge in [0, 0.05) is 5.56 Å². The molecule has 0 saturated heterocycles. The van der Waals surface area contributed by atoms with Crippen molar-refractivity contribution in [1.82, 2.24) is 5.48 Å². The Morgan fingerprint density at radius 3 is 2.56 bits per heavy atom. The minimum Gasteiger partial charge on any atom is -0.397 e. The van der Waals surface area contributed by atoms with Crippen molar-refractivity contribution in [2.24, 2.45) is 4.99 Å². The summed E-state index contributed by atoms with van der Waals surface area (Å²) in [5, 5.41) is 9.18. The van der Waals surface area contributed by atoms with Crippen LogP contribution in [0.25, 0.3) is 0 Å². The molecule has 4 heteroatoms. The maximum absolute atomic E-state index is 9.18. The average Bonchev–Trinajstić information content (AvgIpc) is 2.41. The summed E-state index contributed by atoms with van der Waals surface area (Å²) in [6.07, 6.45) is 0. The maximum Gasteiger partial charge on any atom is 0.157 e. The molecule has 0 aromatic heterocycles. The zero-order valence-corrected chi connectivity index (χ0v) is 10.1. The molecule has 2 aromatic carbocycles. The van der Waals surface area contributed by atoms with Crippen LogP contribution in [0.5, 0.6) is 0 Å². The van der Waals surface area contributed by atoms with Crippen molar-refractivity contribution in [1.29, 1.82) is 0 Å². The van der Waals surface area contributed by atoms with Gasteiger partial charge in [0.15, 0.2) is 5.84 Å². The van der Waals surface area contributed by atoms with Gasteiger partial charge in [-0.3, -0.25) is 10.7 Å². The van der Waals surface area contributed by atoms with E-state index in [9.17, 15) is 5.21 Å². The highest BCUT2D eigenvalue weighted by Crippen LogP contribution is 2.23. The molecule has 0 aliphatic carbocycles. The summed E-state index contributed by atoms with van der Waals surface area (Å²) in [7, 11) is 0. The van der Waals surface area contributed by atoms with Gasteiger partial charge < -0.3 is 5.73 Å². The first-order valence-corrected chi connectivity index (χ1v) is 5.61. The molecule has 0 unspecified atom stereocenters. The summed E-state index contributed by atoms with van der Waals surface area (Å²) < 4.78 is 0. The van der Waals surface area contributed by atoms with Crippen LogP contribution in [0.15, 0.2) is 53.5 Å². The number of hydrogen-bond donors (Lipinski definition) is 3. The highest BCUT2D eigenvalue weighted by molar-refractivity contribution is 6.00. The number of hydroxylamine groups is 1. The SMILES string of the molecule is Cc1ccc(N)c(N=C(NO)c2ccccc2)c1. The largest absolute Gasteiger partial charge is 0.397 e. The lowest BCUT2D eigenvalue weighted by molar-refractivity contribution is 0.235. The number of nitrogens with two attached hydrogens (primary N) is 1. The first-order chi connectivity index (χ1) is 8.70. The lowest BCUT2D eigenvalue weighted by Crippen LogP contribution is -2.19. The molecular weight excluding hydrogens is 226 g/mol. The van der Waals surface area contributed by atoms with E-state index in [-0.39, 0.29) is 0 Å². The molecule has 0 spiro atoms. The second kappa shape index (κ2) is 5.33. The number of benzene rings is 2. The topological polar surface area (TPSA) is 70.6 Å². The first-order valence-electron chi connectivity index (χ1n) is 5.61. The van der Waals surface area contributed by atoms with Crippen LogP contribution in [0, 0.1) is 6.92 Å². The van der Waals surface area contributed by atoms with Gasteiger partial charge in [0.1, 0.15) is 0 Å². The molecule has 92 valence electrons. The van der Waals surface area contributed by atoms with Crippen molar-refractivity contribution in [2.45, 2.75) is 6.92 Å². The Morgan fingerprint density at radius 2 is 1.89 bits per heavy atom. The van der Waals surface area contributed by atoms with Crippen LogP contribution in [0.1, 0.15) is 11.1 Å². The minimum absolute atomic E-state index is 0.368. The first kappa shape index (κ1) is 12.1. The number of nitrogens with one attached hydrogen (secondary N) is 1. The second-order valence-electron chi connectivity index (χ2n) is 4.00. The summed E-state index contributed by atoms with van der Waals surface area (Å²) in [6.45, 7) is 1.97. The molecule has 18 heavy (non-hydrogen) atoms. The van der Waals surface area contributed by atoms with E-state index in [2.05, 4.69) is 10.5 Å². The predicted molar refractivity (Wildman–Crippen MR) is 73.2 cm³/mol. The number of hydrogen-bond acceptors (Lipinski definition) is 3. The third kappa shape index (κ3) is 2.67. The molecule has 0 atom stereocenters. The monoisotopic (exact) mass is 241 g/mol. The average molecular weight is 241 g/mol. The number of amidine groups is 1. The molecular formula is C14H15N3O. The zero-order valence-electron chi connectivity index (χ0n) is 10.1. The molecule has 0 fully saturated rings. The number of rotatable bonds is 2. The fourth-order valence-electron chi connectivity index (χ4n) is 1.62. The van der Waals surface area contributed by atoms with E-state index < -0.39 is 0 Å². The number of aliphatic imine (C=N–C) groups is 1. The summed E-state index contributed by atoms with van der Waals surface area (Å²) in [5.74, 6) is 0.368. The molecule has 0 amide bonds. The minimum atomic E-state index is 0.368. The number of aryl methyl sites for hydroxylation is 1. The van der Waals surface area contributed by atoms with Crippen LogP contribution in [0.4, 0.5) is 11.4 Å². The van der Waals surface area contributed by atoms with E-state index in [0.29, 0.717) is 17.2 Å². The van der Waals surface area contributed by atoms with Crippen LogP contribution < -0.4 is 11.2 Å². The standard InChI is InChI=1S/C14H15N3O/c1-10-7-8-12(15)13(9-10)16-14(17-18)11-5-3-2-4-6-11/h2-9,18H,15H2,1H3,(H,16,17). The van der Waals surface area contributed by atoms with E-state index in [0.717, 1.165) is 11.1 Å². The Balaban J connectivity index is 2.44. The second-order valence-corrected chi connectivity index (χ2v) is 4.00. The molecule has 0 bridgehead atoms. The summed E-state index contributed by atoms with van der Waals surface area (Å²) in [4.78, 5) is 4.34. The lowest BCUT2D eigenvalue weighted by Gasteiger charge is -2.07. The van der Waals surface area contributed by atoms with Crippen LogP contribution in [0.2, 0.25) is 0 Å². The van der Waals surface area contributed by atoms with Gasteiger partial charge in [-0.1, -0.05) is 36.4 Å². The van der Waals surface area contributed by atoms with Gasteiger partial charge >= 0.3 is 0 Å². The van der Waals surface area contributed by atoms with Crippen molar-refractivity contribution in [2.75, 3.05) is 5.73 Å². The molecule has 2 rings (SSSR count). The molecule has 0 saturated carbocycles. The van der Waals surface area contributed by atoms with Crippen molar-refractivity contribution >= 4 is 17.2 Å². The molecule has 0 radical (unpaired) electrons. The van der Waals surface area contributed by atoms with Crippen molar-refractivity contribution in [3.05, 3.63) is 59.7 Å². The fourth-order valence-corrected chi connectivity index (χ4v) is 1.62. The third-order valence-corrected chi connectivity index (χ3v) is 2.57. The number of anilines is 1. The van der Waals surface area contributed by atoms with E-state index in [1.165, 1.54) is 0 Å². The van der Waals surface area contributed by atoms with E-state index in [1.807, 2.05) is 49.4 Å². The smallest absolute Gasteiger partial charge is 0.157 e. The van der Waals surface area contributed by atoms with Crippen molar-refractivity contribution < 1.29 is 5.21 Å². The molecule has 4 N–H and O–H groups in total. The van der Waals surface area contributed by atoms with Gasteiger partial charge in [-0.2, -0.15) is 0 Å². The van der Waals surface area contributed by atoms with Crippen molar-refractivity contribution in [3.8, 4) is 0 Å². The van der Waals surface area contributed by atoms with E-state index in [4.69, 9.17) is 5.73 Å². The Labute approximate surface area is 106 Å². The predicted octanol–water partition coefficient (Wildman–Crippen LogP) is 2.63. The van der Waals surface area contributed by atoms with Gasteiger partial charge in [0.2, 0.25) is 0 Å². The Kier molecular flexibility index (Phi) is 3.60. The van der Waals surface area contributed by atoms with Crippen LogP contribution in [-0.4, -0.2) is 11.0 Å². The summed E-state index contributed by atoms with van der Waals surface area (Å²) >= 11 is 0. The number of nitrogens with zero attached hydrogens (tertiary/aromatic N) is 1. The molecule has 0 aliphatic heterocycles. The van der Waals surface area contributed by atoms with Gasteiger partial charge in [-0.25, -0.2) is 4.99 Å². The van der Waals surface area contributed by atoms with Crippen LogP contribution in [0.3, 0.4) is 0 Å². The highest BCUT2D eigenvalue weighted by Gasteiger charge is 2.04. The Bertz CT molecular complexity index is 565. The molecule has 4 nitrogen and oxygen atoms in total. The van der Waals surface area contributed by atoms with Crippen LogP contribution >= 0.6 is 0 Å². The van der Waals surface area contributed by atoms with Gasteiger partial charge in [-0.15, -0.1) is 0 Å². The van der Waals surface area contributed by atoms with E-state index >= 15 is 0 Å². The number of nitrogen functional groups attached to an aromatic ring is 1. The maximum atomic E-state index is 9.18. The molecule has 2 aromatic rings. The lowest BCUT2D eigenvalue weighted by atomic mass is 10.2. The normalized spacial score (nSPS) is 11.3.